The second-order valence-electron chi connectivity index (χ2n) is 4.92. The fourth-order valence-electron chi connectivity index (χ4n) is 2.28. The van der Waals surface area contributed by atoms with Crippen LogP contribution in [0.3, 0.4) is 0 Å². The van der Waals surface area contributed by atoms with Crippen LogP contribution in [0.25, 0.3) is 0 Å². The van der Waals surface area contributed by atoms with Crippen LogP contribution in [0.5, 0.6) is 0 Å². The second-order valence-corrected chi connectivity index (χ2v) is 6.63. The van der Waals surface area contributed by atoms with Crippen molar-refractivity contribution in [3.63, 3.8) is 0 Å². The molecule has 2 rings (SSSR count). The number of aryl methyl sites for hydroxylation is 1. The van der Waals surface area contributed by atoms with E-state index < -0.39 is 10.0 Å². The van der Waals surface area contributed by atoms with E-state index in [0.29, 0.717) is 13.0 Å². The van der Waals surface area contributed by atoms with Gasteiger partial charge in [-0.2, -0.15) is 0 Å². The number of hydrogen-bond acceptors (Lipinski definition) is 4. The molecule has 1 aromatic heterocycles. The van der Waals surface area contributed by atoms with Crippen molar-refractivity contribution in [2.75, 3.05) is 6.54 Å². The highest BCUT2D eigenvalue weighted by molar-refractivity contribution is 7.89. The molecule has 0 aliphatic heterocycles. The fraction of sp³-hybridized carbons (Fsp3) is 0.727. The summed E-state index contributed by atoms with van der Waals surface area (Å²) in [5, 5.41) is 9.58. The molecule has 1 aromatic rings. The highest BCUT2D eigenvalue weighted by atomic mass is 32.2. The molecule has 0 bridgehead atoms. The number of imidazole rings is 1. The van der Waals surface area contributed by atoms with Crippen molar-refractivity contribution in [2.45, 2.75) is 36.8 Å². The van der Waals surface area contributed by atoms with E-state index in [9.17, 15) is 13.5 Å². The van der Waals surface area contributed by atoms with Crippen LogP contribution in [0.2, 0.25) is 0 Å². The number of aliphatic hydroxyl groups is 1. The van der Waals surface area contributed by atoms with Crippen LogP contribution in [0.1, 0.15) is 25.7 Å². The molecule has 2 unspecified atom stereocenters. The van der Waals surface area contributed by atoms with E-state index >= 15 is 0 Å². The first-order valence-corrected chi connectivity index (χ1v) is 7.61. The van der Waals surface area contributed by atoms with Crippen molar-refractivity contribution in [3.05, 3.63) is 12.5 Å². The van der Waals surface area contributed by atoms with Crippen LogP contribution in [0, 0.1) is 5.92 Å². The zero-order chi connectivity index (χ0) is 13.2. The van der Waals surface area contributed by atoms with Gasteiger partial charge in [0, 0.05) is 19.8 Å². The third kappa shape index (κ3) is 3.30. The van der Waals surface area contributed by atoms with Crippen LogP contribution >= 0.6 is 0 Å². The maximum Gasteiger partial charge on any atom is 0.259 e. The Hall–Kier alpha value is -0.920. The van der Waals surface area contributed by atoms with Crippen LogP contribution < -0.4 is 4.72 Å². The largest absolute Gasteiger partial charge is 0.393 e. The summed E-state index contributed by atoms with van der Waals surface area (Å²) < 4.78 is 28.0. The van der Waals surface area contributed by atoms with Gasteiger partial charge in [-0.3, -0.25) is 0 Å². The Balaban J connectivity index is 1.93. The van der Waals surface area contributed by atoms with Crippen LogP contribution in [0.15, 0.2) is 17.6 Å². The summed E-state index contributed by atoms with van der Waals surface area (Å²) in [5.74, 6) is 0.215. The van der Waals surface area contributed by atoms with Gasteiger partial charge in [-0.25, -0.2) is 18.1 Å². The molecule has 7 heteroatoms. The molecule has 2 atom stereocenters. The SMILES string of the molecule is Cn1cnc(S(=O)(=O)NCC2CCCC(O)C2)c1. The van der Waals surface area contributed by atoms with E-state index in [1.807, 2.05) is 0 Å². The van der Waals surface area contributed by atoms with E-state index in [4.69, 9.17) is 0 Å². The molecule has 0 saturated heterocycles. The van der Waals surface area contributed by atoms with Gasteiger partial charge in [0.25, 0.3) is 10.0 Å². The monoisotopic (exact) mass is 273 g/mol. The van der Waals surface area contributed by atoms with Crippen molar-refractivity contribution in [2.24, 2.45) is 13.0 Å². The number of sulfonamides is 1. The quantitative estimate of drug-likeness (QED) is 0.823. The summed E-state index contributed by atoms with van der Waals surface area (Å²) in [6.07, 6.45) is 6.05. The summed E-state index contributed by atoms with van der Waals surface area (Å²) in [7, 11) is -1.79. The maximum atomic E-state index is 11.9. The van der Waals surface area contributed by atoms with Crippen molar-refractivity contribution < 1.29 is 13.5 Å². The molecule has 1 fully saturated rings. The topological polar surface area (TPSA) is 84.2 Å². The molecule has 1 heterocycles. The summed E-state index contributed by atoms with van der Waals surface area (Å²) in [6, 6.07) is 0. The van der Waals surface area contributed by atoms with E-state index in [1.165, 1.54) is 12.5 Å². The lowest BCUT2D eigenvalue weighted by atomic mass is 9.87. The molecule has 0 spiro atoms. The summed E-state index contributed by atoms with van der Waals surface area (Å²) in [4.78, 5) is 3.83. The normalized spacial score (nSPS) is 25.2. The molecule has 18 heavy (non-hydrogen) atoms. The average molecular weight is 273 g/mol. The van der Waals surface area contributed by atoms with E-state index in [1.54, 1.807) is 11.6 Å². The lowest BCUT2D eigenvalue weighted by Gasteiger charge is -2.25. The molecule has 1 aliphatic rings. The Labute approximate surface area is 107 Å². The Kier molecular flexibility index (Phi) is 4.04. The minimum atomic E-state index is -3.52. The Morgan fingerprint density at radius 3 is 2.94 bits per heavy atom. The van der Waals surface area contributed by atoms with Crippen LogP contribution in [-0.2, 0) is 17.1 Å². The molecule has 1 aliphatic carbocycles. The van der Waals surface area contributed by atoms with Gasteiger partial charge in [-0.05, 0) is 25.2 Å². The maximum absolute atomic E-state index is 11.9. The Morgan fingerprint density at radius 2 is 2.33 bits per heavy atom. The number of aliphatic hydroxyl groups excluding tert-OH is 1. The fourth-order valence-corrected chi connectivity index (χ4v) is 3.37. The number of aromatic nitrogens is 2. The predicted molar refractivity (Wildman–Crippen MR) is 66.4 cm³/mol. The van der Waals surface area contributed by atoms with E-state index in [0.717, 1.165) is 19.3 Å². The smallest absolute Gasteiger partial charge is 0.259 e. The van der Waals surface area contributed by atoms with Gasteiger partial charge in [0.1, 0.15) is 0 Å². The Bertz CT molecular complexity index is 497. The van der Waals surface area contributed by atoms with Gasteiger partial charge < -0.3 is 9.67 Å². The lowest BCUT2D eigenvalue weighted by molar-refractivity contribution is 0.102. The van der Waals surface area contributed by atoms with Gasteiger partial charge in [-0.1, -0.05) is 6.42 Å². The third-order valence-corrected chi connectivity index (χ3v) is 4.58. The molecular formula is C11H19N3O3S. The van der Waals surface area contributed by atoms with Crippen molar-refractivity contribution in [3.8, 4) is 0 Å². The molecular weight excluding hydrogens is 254 g/mol. The molecule has 1 saturated carbocycles. The highest BCUT2D eigenvalue weighted by Crippen LogP contribution is 2.23. The highest BCUT2D eigenvalue weighted by Gasteiger charge is 2.23. The number of hydrogen-bond donors (Lipinski definition) is 2. The standard InChI is InChI=1S/C11H19N3O3S/c1-14-7-11(12-8-14)18(16,17)13-6-9-3-2-4-10(15)5-9/h7-10,13,15H,2-6H2,1H3. The predicted octanol–water partition coefficient (Wildman–Crippen LogP) is 0.249. The van der Waals surface area contributed by atoms with Gasteiger partial charge in [0.2, 0.25) is 0 Å². The molecule has 0 amide bonds. The van der Waals surface area contributed by atoms with Crippen LogP contribution in [0.4, 0.5) is 0 Å². The Morgan fingerprint density at radius 1 is 1.56 bits per heavy atom. The lowest BCUT2D eigenvalue weighted by Crippen LogP contribution is -2.33. The molecule has 2 N–H and O–H groups in total. The van der Waals surface area contributed by atoms with Crippen molar-refractivity contribution in [1.82, 2.24) is 14.3 Å². The minimum absolute atomic E-state index is 0.0429. The summed E-state index contributed by atoms with van der Waals surface area (Å²) in [6.45, 7) is 0.371. The second kappa shape index (κ2) is 5.38. The minimum Gasteiger partial charge on any atom is -0.393 e. The summed E-state index contributed by atoms with van der Waals surface area (Å²) in [5.41, 5.74) is 0. The van der Waals surface area contributed by atoms with Gasteiger partial charge in [0.05, 0.1) is 12.4 Å². The first kappa shape index (κ1) is 13.5. The van der Waals surface area contributed by atoms with Gasteiger partial charge in [-0.15, -0.1) is 0 Å². The number of nitrogens with one attached hydrogen (secondary N) is 1. The molecule has 0 radical (unpaired) electrons. The van der Waals surface area contributed by atoms with Gasteiger partial charge in [0.15, 0.2) is 5.03 Å². The zero-order valence-corrected chi connectivity index (χ0v) is 11.2. The first-order chi connectivity index (χ1) is 8.47. The molecule has 0 aromatic carbocycles. The zero-order valence-electron chi connectivity index (χ0n) is 10.4. The molecule has 102 valence electrons. The summed E-state index contributed by atoms with van der Waals surface area (Å²) >= 11 is 0. The number of rotatable bonds is 4. The van der Waals surface area contributed by atoms with E-state index in [2.05, 4.69) is 9.71 Å². The first-order valence-electron chi connectivity index (χ1n) is 6.13. The van der Waals surface area contributed by atoms with Crippen LogP contribution in [-0.4, -0.2) is 35.7 Å². The molecule has 6 nitrogen and oxygen atoms in total. The van der Waals surface area contributed by atoms with Crippen molar-refractivity contribution >= 4 is 10.0 Å². The average Bonchev–Trinajstić information content (AvgIpc) is 2.74. The van der Waals surface area contributed by atoms with E-state index in [-0.39, 0.29) is 17.0 Å². The number of nitrogens with zero attached hydrogens (tertiary/aromatic N) is 2. The van der Waals surface area contributed by atoms with Crippen molar-refractivity contribution in [1.29, 1.82) is 0 Å². The van der Waals surface area contributed by atoms with Gasteiger partial charge >= 0.3 is 0 Å². The third-order valence-electron chi connectivity index (χ3n) is 3.27.